The van der Waals surface area contributed by atoms with E-state index in [0.29, 0.717) is 0 Å². The molecule has 1 fully saturated rings. The van der Waals surface area contributed by atoms with Gasteiger partial charge in [-0.25, -0.2) is 0 Å². The van der Waals surface area contributed by atoms with Crippen molar-refractivity contribution in [1.82, 2.24) is 10.2 Å². The van der Waals surface area contributed by atoms with E-state index in [0.717, 1.165) is 18.8 Å². The van der Waals surface area contributed by atoms with Crippen LogP contribution in [0.25, 0.3) is 0 Å². The molecule has 0 radical (unpaired) electrons. The number of benzene rings is 1. The highest BCUT2D eigenvalue weighted by Gasteiger charge is 2.33. The Morgan fingerprint density at radius 1 is 1.32 bits per heavy atom. The quantitative estimate of drug-likeness (QED) is 0.889. The maximum absolute atomic E-state index is 12.6. The lowest BCUT2D eigenvalue weighted by atomic mass is 10.1. The monoisotopic (exact) mass is 261 g/mol. The smallest absolute Gasteiger partial charge is 0.245 e. The zero-order valence-corrected chi connectivity index (χ0v) is 12.2. The highest BCUT2D eigenvalue weighted by molar-refractivity contribution is 5.98. The van der Waals surface area contributed by atoms with Gasteiger partial charge in [0.1, 0.15) is 6.04 Å². The third-order valence-electron chi connectivity index (χ3n) is 3.50. The molecule has 1 aliphatic rings. The van der Waals surface area contributed by atoms with Crippen molar-refractivity contribution in [2.45, 2.75) is 25.9 Å². The Labute approximate surface area is 115 Å². The molecule has 1 aromatic carbocycles. The van der Waals surface area contributed by atoms with Crippen LogP contribution in [0.3, 0.4) is 0 Å². The zero-order chi connectivity index (χ0) is 14.0. The summed E-state index contributed by atoms with van der Waals surface area (Å²) >= 11 is 0. The Balaban J connectivity index is 2.21. The number of rotatable bonds is 3. The minimum Gasteiger partial charge on any atom is -0.307 e. The molecule has 0 saturated carbocycles. The molecule has 1 heterocycles. The third-order valence-corrected chi connectivity index (χ3v) is 3.50. The van der Waals surface area contributed by atoms with E-state index in [1.54, 1.807) is 0 Å². The number of hydrogen-bond acceptors (Lipinski definition) is 3. The topological polar surface area (TPSA) is 35.6 Å². The summed E-state index contributed by atoms with van der Waals surface area (Å²) < 4.78 is 0. The maximum Gasteiger partial charge on any atom is 0.245 e. The second-order valence-electron chi connectivity index (χ2n) is 5.62. The molecule has 0 aromatic heterocycles. The van der Waals surface area contributed by atoms with Crippen molar-refractivity contribution >= 4 is 11.6 Å². The molecule has 0 bridgehead atoms. The number of nitrogens with one attached hydrogen (secondary N) is 1. The van der Waals surface area contributed by atoms with Gasteiger partial charge in [0.05, 0.1) is 0 Å². The lowest BCUT2D eigenvalue weighted by molar-refractivity contribution is -0.122. The number of likely N-dealkylation sites (N-methyl/N-ethyl adjacent to an activating group) is 1. The van der Waals surface area contributed by atoms with Gasteiger partial charge in [-0.05, 0) is 40.1 Å². The molecule has 2 rings (SSSR count). The number of nitrogens with zero attached hydrogens (tertiary/aromatic N) is 2. The molecule has 4 heteroatoms. The standard InChI is InChI=1S/C15H23N3O/c1-11-5-7-13(8-6-11)18-12(2)9-16-14(15(18)19)10-17(3)4/h5-8,12,14,16H,9-10H2,1-4H3. The largest absolute Gasteiger partial charge is 0.307 e. The van der Waals surface area contributed by atoms with Gasteiger partial charge >= 0.3 is 0 Å². The molecular weight excluding hydrogens is 238 g/mol. The molecule has 2 unspecified atom stereocenters. The second-order valence-corrected chi connectivity index (χ2v) is 5.62. The number of piperazine rings is 1. The number of carbonyl (C=O) groups is 1. The van der Waals surface area contributed by atoms with E-state index in [9.17, 15) is 4.79 Å². The molecule has 0 spiro atoms. The number of anilines is 1. The Morgan fingerprint density at radius 3 is 2.53 bits per heavy atom. The molecule has 1 saturated heterocycles. The number of amides is 1. The first kappa shape index (κ1) is 14.0. The van der Waals surface area contributed by atoms with E-state index in [4.69, 9.17) is 0 Å². The van der Waals surface area contributed by atoms with E-state index in [-0.39, 0.29) is 18.0 Å². The average molecular weight is 261 g/mol. The zero-order valence-electron chi connectivity index (χ0n) is 12.2. The summed E-state index contributed by atoms with van der Waals surface area (Å²) in [5.74, 6) is 0.163. The van der Waals surface area contributed by atoms with Crippen LogP contribution in [0.15, 0.2) is 24.3 Å². The van der Waals surface area contributed by atoms with E-state index in [1.165, 1.54) is 5.56 Å². The van der Waals surface area contributed by atoms with Gasteiger partial charge in [-0.2, -0.15) is 0 Å². The Hall–Kier alpha value is -1.39. The Bertz CT molecular complexity index is 441. The first-order valence-corrected chi connectivity index (χ1v) is 6.77. The molecule has 2 atom stereocenters. The van der Waals surface area contributed by atoms with Crippen LogP contribution in [0.5, 0.6) is 0 Å². The van der Waals surface area contributed by atoms with Gasteiger partial charge in [0, 0.05) is 24.8 Å². The van der Waals surface area contributed by atoms with Crippen LogP contribution in [-0.4, -0.2) is 50.1 Å². The van der Waals surface area contributed by atoms with Crippen molar-refractivity contribution < 1.29 is 4.79 Å². The molecule has 1 N–H and O–H groups in total. The number of hydrogen-bond donors (Lipinski definition) is 1. The summed E-state index contributed by atoms with van der Waals surface area (Å²) in [6.07, 6.45) is 0. The first-order chi connectivity index (χ1) is 8.99. The Morgan fingerprint density at radius 2 is 1.95 bits per heavy atom. The molecule has 1 amide bonds. The van der Waals surface area contributed by atoms with Gasteiger partial charge in [0.15, 0.2) is 0 Å². The van der Waals surface area contributed by atoms with Crippen molar-refractivity contribution in [3.05, 3.63) is 29.8 Å². The van der Waals surface area contributed by atoms with Gasteiger partial charge in [-0.3, -0.25) is 4.79 Å². The fourth-order valence-corrected chi connectivity index (χ4v) is 2.47. The number of carbonyl (C=O) groups excluding carboxylic acids is 1. The molecule has 0 aliphatic carbocycles. The lowest BCUT2D eigenvalue weighted by Gasteiger charge is -2.39. The highest BCUT2D eigenvalue weighted by atomic mass is 16.2. The van der Waals surface area contributed by atoms with Crippen molar-refractivity contribution in [2.24, 2.45) is 0 Å². The molecule has 1 aliphatic heterocycles. The predicted molar refractivity (Wildman–Crippen MR) is 78.5 cm³/mol. The number of aryl methyl sites for hydroxylation is 1. The van der Waals surface area contributed by atoms with Crippen molar-refractivity contribution in [2.75, 3.05) is 32.1 Å². The van der Waals surface area contributed by atoms with Crippen LogP contribution >= 0.6 is 0 Å². The van der Waals surface area contributed by atoms with Gasteiger partial charge in [0.2, 0.25) is 5.91 Å². The molecule has 19 heavy (non-hydrogen) atoms. The summed E-state index contributed by atoms with van der Waals surface area (Å²) in [5, 5.41) is 3.33. The molecule has 4 nitrogen and oxygen atoms in total. The predicted octanol–water partition coefficient (Wildman–Crippen LogP) is 1.25. The van der Waals surface area contributed by atoms with Crippen LogP contribution in [0.4, 0.5) is 5.69 Å². The lowest BCUT2D eigenvalue weighted by Crippen LogP contribution is -2.62. The second kappa shape index (κ2) is 5.72. The third kappa shape index (κ3) is 3.14. The van der Waals surface area contributed by atoms with Gasteiger partial charge in [-0.15, -0.1) is 0 Å². The average Bonchev–Trinajstić information content (AvgIpc) is 2.35. The fraction of sp³-hybridized carbons (Fsp3) is 0.533. The summed E-state index contributed by atoms with van der Waals surface area (Å²) in [6.45, 7) is 5.70. The minimum absolute atomic E-state index is 0.118. The van der Waals surface area contributed by atoms with Crippen LogP contribution in [-0.2, 0) is 4.79 Å². The van der Waals surface area contributed by atoms with Crippen LogP contribution < -0.4 is 10.2 Å². The van der Waals surface area contributed by atoms with Crippen LogP contribution in [0, 0.1) is 6.92 Å². The highest BCUT2D eigenvalue weighted by Crippen LogP contribution is 2.21. The van der Waals surface area contributed by atoms with E-state index < -0.39 is 0 Å². The first-order valence-electron chi connectivity index (χ1n) is 6.77. The van der Waals surface area contributed by atoms with Crippen molar-refractivity contribution in [3.8, 4) is 0 Å². The summed E-state index contributed by atoms with van der Waals surface area (Å²) in [6, 6.07) is 8.24. The SMILES string of the molecule is Cc1ccc(N2C(=O)C(CN(C)C)NCC2C)cc1. The molecular formula is C15H23N3O. The fourth-order valence-electron chi connectivity index (χ4n) is 2.47. The summed E-state index contributed by atoms with van der Waals surface area (Å²) in [4.78, 5) is 16.6. The van der Waals surface area contributed by atoms with Crippen LogP contribution in [0.2, 0.25) is 0 Å². The van der Waals surface area contributed by atoms with Crippen molar-refractivity contribution in [1.29, 1.82) is 0 Å². The van der Waals surface area contributed by atoms with Crippen LogP contribution in [0.1, 0.15) is 12.5 Å². The van der Waals surface area contributed by atoms with Gasteiger partial charge in [0.25, 0.3) is 0 Å². The van der Waals surface area contributed by atoms with Gasteiger partial charge in [-0.1, -0.05) is 17.7 Å². The van der Waals surface area contributed by atoms with E-state index >= 15 is 0 Å². The molecule has 104 valence electrons. The summed E-state index contributed by atoms with van der Waals surface area (Å²) in [5.41, 5.74) is 2.21. The van der Waals surface area contributed by atoms with E-state index in [1.807, 2.05) is 36.0 Å². The summed E-state index contributed by atoms with van der Waals surface area (Å²) in [7, 11) is 3.98. The van der Waals surface area contributed by atoms with Crippen molar-refractivity contribution in [3.63, 3.8) is 0 Å². The maximum atomic E-state index is 12.6. The normalized spacial score (nSPS) is 24.1. The minimum atomic E-state index is -0.118. The Kier molecular flexibility index (Phi) is 4.22. The van der Waals surface area contributed by atoms with E-state index in [2.05, 4.69) is 31.3 Å². The van der Waals surface area contributed by atoms with Gasteiger partial charge < -0.3 is 15.1 Å². The molecule has 1 aromatic rings.